The number of aromatic nitrogens is 2. The number of carbonyl (C=O) groups excluding carboxylic acids is 4. The van der Waals surface area contributed by atoms with Crippen LogP contribution < -0.4 is 10.6 Å². The number of benzene rings is 3. The van der Waals surface area contributed by atoms with Gasteiger partial charge in [0.05, 0.1) is 11.0 Å². The van der Waals surface area contributed by atoms with Gasteiger partial charge in [0.15, 0.2) is 0 Å². The van der Waals surface area contributed by atoms with Crippen LogP contribution in [0.4, 0.5) is 9.59 Å². The number of phenols is 1. The molecule has 2 atom stereocenters. The highest BCUT2D eigenvalue weighted by atomic mass is 16.6. The van der Waals surface area contributed by atoms with Crippen LogP contribution in [-0.2, 0) is 43.1 Å². The van der Waals surface area contributed by atoms with E-state index in [1.54, 1.807) is 108 Å². The molecular weight excluding hydrogens is 692 g/mol. The van der Waals surface area contributed by atoms with Crippen LogP contribution in [0.15, 0.2) is 85.2 Å². The molecule has 4 N–H and O–H groups in total. The van der Waals surface area contributed by atoms with Crippen molar-refractivity contribution in [2.45, 2.75) is 90.5 Å². The van der Waals surface area contributed by atoms with Crippen molar-refractivity contribution in [1.82, 2.24) is 19.8 Å². The predicted octanol–water partition coefficient (Wildman–Crippen LogP) is 6.34. The summed E-state index contributed by atoms with van der Waals surface area (Å²) in [5.74, 6) is -2.46. The lowest BCUT2D eigenvalue weighted by molar-refractivity contribution is -0.142. The zero-order valence-electron chi connectivity index (χ0n) is 31.2. The highest BCUT2D eigenvalue weighted by molar-refractivity contribution is 5.95. The van der Waals surface area contributed by atoms with Crippen molar-refractivity contribution in [2.75, 3.05) is 0 Å². The molecule has 0 aliphatic carbocycles. The Labute approximate surface area is 312 Å². The second-order valence-corrected chi connectivity index (χ2v) is 15.1. The molecule has 0 saturated carbocycles. The zero-order valence-corrected chi connectivity index (χ0v) is 31.2. The Morgan fingerprint density at radius 1 is 0.667 bits per heavy atom. The number of amides is 2. The highest BCUT2D eigenvalue weighted by Crippen LogP contribution is 2.26. The number of hydrogen-bond donors (Lipinski definition) is 4. The molecule has 0 spiro atoms. The maximum absolute atomic E-state index is 14.1. The SMILES string of the molecule is CC(C)(C)OC(=O)n1cc(CC(NC(=O)C(Cc2cn(C(=O)OC(C)(C)C)c3ccccc23)NC(=O)CCc2ccc(O)cc2)C(=O)O)c2ccccc21. The van der Waals surface area contributed by atoms with Crippen LogP contribution in [-0.4, -0.2) is 72.6 Å². The number of nitrogens with zero attached hydrogens (tertiary/aromatic N) is 2. The van der Waals surface area contributed by atoms with Gasteiger partial charge in [-0.05, 0) is 88.9 Å². The van der Waals surface area contributed by atoms with Crippen molar-refractivity contribution < 1.29 is 43.7 Å². The van der Waals surface area contributed by atoms with Gasteiger partial charge >= 0.3 is 18.2 Å². The van der Waals surface area contributed by atoms with E-state index in [9.17, 15) is 34.2 Å². The van der Waals surface area contributed by atoms with Gasteiger partial charge in [-0.1, -0.05) is 48.5 Å². The average molecular weight is 739 g/mol. The number of carboxylic acid groups (broad SMARTS) is 1. The Hall–Kier alpha value is -6.11. The lowest BCUT2D eigenvalue weighted by Gasteiger charge is -2.22. The summed E-state index contributed by atoms with van der Waals surface area (Å²) in [6.45, 7) is 10.5. The summed E-state index contributed by atoms with van der Waals surface area (Å²) in [5, 5.41) is 26.6. The number of nitrogens with one attached hydrogen (secondary N) is 2. The number of carbonyl (C=O) groups is 5. The molecule has 284 valence electrons. The van der Waals surface area contributed by atoms with E-state index in [0.717, 1.165) is 5.56 Å². The summed E-state index contributed by atoms with van der Waals surface area (Å²) in [6, 6.07) is 17.8. The third-order valence-electron chi connectivity index (χ3n) is 8.46. The van der Waals surface area contributed by atoms with E-state index >= 15 is 0 Å². The number of phenolic OH excluding ortho intramolecular Hbond substituents is 1. The topological polar surface area (TPSA) is 178 Å². The van der Waals surface area contributed by atoms with Crippen LogP contribution in [0.25, 0.3) is 21.8 Å². The van der Waals surface area contributed by atoms with E-state index in [4.69, 9.17) is 9.47 Å². The molecule has 13 heteroatoms. The van der Waals surface area contributed by atoms with Gasteiger partial charge in [0, 0.05) is 42.4 Å². The number of aliphatic carboxylic acids is 1. The summed E-state index contributed by atoms with van der Waals surface area (Å²) in [6.07, 6.45) is 1.85. The van der Waals surface area contributed by atoms with Gasteiger partial charge in [0.2, 0.25) is 11.8 Å². The second kappa shape index (κ2) is 15.9. The Morgan fingerprint density at radius 3 is 1.59 bits per heavy atom. The number of rotatable bonds is 11. The van der Waals surface area contributed by atoms with Crippen LogP contribution in [0.3, 0.4) is 0 Å². The van der Waals surface area contributed by atoms with Crippen LogP contribution in [0, 0.1) is 0 Å². The van der Waals surface area contributed by atoms with Crippen molar-refractivity contribution in [1.29, 1.82) is 0 Å². The third kappa shape index (κ3) is 9.85. The Balaban J connectivity index is 1.44. The molecule has 0 bridgehead atoms. The molecule has 5 rings (SSSR count). The average Bonchev–Trinajstić information content (AvgIpc) is 3.64. The van der Waals surface area contributed by atoms with Gasteiger partial charge in [0.1, 0.15) is 29.0 Å². The first kappa shape index (κ1) is 39.1. The molecule has 13 nitrogen and oxygen atoms in total. The fourth-order valence-corrected chi connectivity index (χ4v) is 6.06. The van der Waals surface area contributed by atoms with Crippen molar-refractivity contribution in [3.8, 4) is 5.75 Å². The molecule has 54 heavy (non-hydrogen) atoms. The standard InChI is InChI=1S/C41H46N4O9/c1-40(2,3)53-38(51)44-23-26(29-11-7-9-13-33(29)44)21-31(42-35(47)20-17-25-15-18-28(46)19-16-25)36(48)43-32(37(49)50)22-27-24-45(39(52)54-41(4,5)6)34-14-10-8-12-30(27)34/h7-16,18-19,23-24,31-32,46H,17,20-22H2,1-6H3,(H,42,47)(H,43,48)(H,49,50). The summed E-state index contributed by atoms with van der Waals surface area (Å²) in [7, 11) is 0. The maximum atomic E-state index is 14.1. The smallest absolute Gasteiger partial charge is 0.419 e. The third-order valence-corrected chi connectivity index (χ3v) is 8.46. The first-order valence-electron chi connectivity index (χ1n) is 17.6. The van der Waals surface area contributed by atoms with Gasteiger partial charge in [-0.3, -0.25) is 18.7 Å². The Morgan fingerprint density at radius 2 is 1.13 bits per heavy atom. The number of aromatic hydroxyl groups is 1. The highest BCUT2D eigenvalue weighted by Gasteiger charge is 2.30. The van der Waals surface area contributed by atoms with Gasteiger partial charge < -0.3 is 30.3 Å². The minimum Gasteiger partial charge on any atom is -0.508 e. The fourth-order valence-electron chi connectivity index (χ4n) is 6.06. The fraction of sp³-hybridized carbons (Fsp3) is 0.341. The number of carboxylic acids is 1. The first-order chi connectivity index (χ1) is 25.4. The lowest BCUT2D eigenvalue weighted by Crippen LogP contribution is -2.53. The van der Waals surface area contributed by atoms with Crippen molar-refractivity contribution >= 4 is 51.8 Å². The second-order valence-electron chi connectivity index (χ2n) is 15.1. The first-order valence-corrected chi connectivity index (χ1v) is 17.6. The van der Waals surface area contributed by atoms with Gasteiger partial charge in [-0.2, -0.15) is 0 Å². The zero-order chi connectivity index (χ0) is 39.4. The van der Waals surface area contributed by atoms with Crippen molar-refractivity contribution in [2.24, 2.45) is 0 Å². The number of hydrogen-bond acceptors (Lipinski definition) is 8. The van der Waals surface area contributed by atoms with Crippen LogP contribution in [0.1, 0.15) is 64.7 Å². The quantitative estimate of drug-likeness (QED) is 0.120. The molecule has 0 radical (unpaired) electrons. The molecule has 2 aromatic heterocycles. The van der Waals surface area contributed by atoms with Crippen molar-refractivity contribution in [3.05, 3.63) is 102 Å². The summed E-state index contributed by atoms with van der Waals surface area (Å²) >= 11 is 0. The monoisotopic (exact) mass is 738 g/mol. The molecular formula is C41H46N4O9. The van der Waals surface area contributed by atoms with Gasteiger partial charge in [-0.15, -0.1) is 0 Å². The van der Waals surface area contributed by atoms with Crippen LogP contribution in [0.2, 0.25) is 0 Å². The normalized spacial score (nSPS) is 12.9. The lowest BCUT2D eigenvalue weighted by atomic mass is 10.0. The van der Waals surface area contributed by atoms with Crippen LogP contribution in [0.5, 0.6) is 5.75 Å². The van der Waals surface area contributed by atoms with Crippen LogP contribution >= 0.6 is 0 Å². The van der Waals surface area contributed by atoms with Crippen molar-refractivity contribution in [3.63, 3.8) is 0 Å². The molecule has 0 aliphatic heterocycles. The molecule has 2 unspecified atom stereocenters. The molecule has 0 fully saturated rings. The summed E-state index contributed by atoms with van der Waals surface area (Å²) in [5.41, 5.74) is 1.31. The van der Waals surface area contributed by atoms with Gasteiger partial charge in [-0.25, -0.2) is 14.4 Å². The largest absolute Gasteiger partial charge is 0.508 e. The minimum absolute atomic E-state index is 0.000747. The van der Waals surface area contributed by atoms with E-state index < -0.39 is 53.3 Å². The minimum atomic E-state index is -1.45. The molecule has 5 aromatic rings. The summed E-state index contributed by atoms with van der Waals surface area (Å²) < 4.78 is 13.8. The maximum Gasteiger partial charge on any atom is 0.419 e. The molecule has 2 amide bonds. The van der Waals surface area contributed by atoms with E-state index in [1.165, 1.54) is 27.5 Å². The van der Waals surface area contributed by atoms with E-state index in [-0.39, 0.29) is 25.0 Å². The Bertz CT molecular complexity index is 2190. The number of aryl methyl sites for hydroxylation is 1. The molecule has 2 heterocycles. The number of ether oxygens (including phenoxy) is 2. The Kier molecular flexibility index (Phi) is 11.5. The predicted molar refractivity (Wildman–Crippen MR) is 202 cm³/mol. The van der Waals surface area contributed by atoms with Gasteiger partial charge in [0.25, 0.3) is 0 Å². The molecule has 0 saturated heterocycles. The molecule has 3 aromatic carbocycles. The molecule has 0 aliphatic rings. The van der Waals surface area contributed by atoms with E-state index in [2.05, 4.69) is 10.6 Å². The van der Waals surface area contributed by atoms with E-state index in [0.29, 0.717) is 39.4 Å². The number of para-hydroxylation sites is 2. The number of fused-ring (bicyclic) bond motifs is 2. The summed E-state index contributed by atoms with van der Waals surface area (Å²) in [4.78, 5) is 66.4. The van der Waals surface area contributed by atoms with E-state index in [1.807, 2.05) is 0 Å².